The number of piperazine rings is 1. The molecule has 1 aliphatic rings. The fraction of sp³-hybridized carbons (Fsp3) is 0.400. The average Bonchev–Trinajstić information content (AvgIpc) is 2.38. The number of nitrogens with zero attached hydrogens (tertiary/aromatic N) is 4. The third kappa shape index (κ3) is 3.13. The Hall–Kier alpha value is -1.40. The van der Waals surface area contributed by atoms with Gasteiger partial charge in [0.05, 0.1) is 5.02 Å². The number of nitriles is 1. The lowest BCUT2D eigenvalue weighted by atomic mass is 10.3. The van der Waals surface area contributed by atoms with E-state index in [-0.39, 0.29) is 5.69 Å². The van der Waals surface area contributed by atoms with Gasteiger partial charge in [0.25, 0.3) is 10.2 Å². The lowest BCUT2D eigenvalue weighted by molar-refractivity contribution is 0.384. The van der Waals surface area contributed by atoms with Gasteiger partial charge in [-0.25, -0.2) is 10.1 Å². The normalized spacial score (nSPS) is 17.2. The van der Waals surface area contributed by atoms with Crippen LogP contribution in [0.25, 0.3) is 0 Å². The molecule has 102 valence electrons. The van der Waals surface area contributed by atoms with Crippen LogP contribution in [0.3, 0.4) is 0 Å². The van der Waals surface area contributed by atoms with Crippen molar-refractivity contribution in [3.05, 3.63) is 22.8 Å². The van der Waals surface area contributed by atoms with Gasteiger partial charge in [-0.3, -0.25) is 0 Å². The Labute approximate surface area is 116 Å². The third-order valence-electron chi connectivity index (χ3n) is 2.86. The minimum absolute atomic E-state index is 0.160. The SMILES string of the molecule is N#Cc1nc(N2CCN(S(N)(=O)=O)CC2)ccc1Cl. The van der Waals surface area contributed by atoms with Gasteiger partial charge in [0.1, 0.15) is 11.9 Å². The highest BCUT2D eigenvalue weighted by molar-refractivity contribution is 7.86. The maximum atomic E-state index is 11.2. The smallest absolute Gasteiger partial charge is 0.277 e. The van der Waals surface area contributed by atoms with Crippen molar-refractivity contribution in [1.29, 1.82) is 5.26 Å². The monoisotopic (exact) mass is 301 g/mol. The molecule has 0 saturated carbocycles. The second kappa shape index (κ2) is 5.30. The second-order valence-corrected chi connectivity index (χ2v) is 6.00. The zero-order valence-corrected chi connectivity index (χ0v) is 11.5. The Morgan fingerprint density at radius 1 is 1.32 bits per heavy atom. The molecule has 0 atom stereocenters. The van der Waals surface area contributed by atoms with E-state index >= 15 is 0 Å². The molecule has 2 heterocycles. The van der Waals surface area contributed by atoms with Crippen molar-refractivity contribution < 1.29 is 8.42 Å². The molecule has 0 aromatic carbocycles. The van der Waals surface area contributed by atoms with Crippen LogP contribution in [0.2, 0.25) is 5.02 Å². The molecule has 1 saturated heterocycles. The van der Waals surface area contributed by atoms with Crippen LogP contribution in [0, 0.1) is 11.3 Å². The second-order valence-electron chi connectivity index (χ2n) is 4.04. The lowest BCUT2D eigenvalue weighted by Crippen LogP contribution is -2.50. The van der Waals surface area contributed by atoms with Crippen LogP contribution in [0.15, 0.2) is 12.1 Å². The summed E-state index contributed by atoms with van der Waals surface area (Å²) in [5.41, 5.74) is 0.160. The summed E-state index contributed by atoms with van der Waals surface area (Å²) in [6, 6.07) is 5.22. The van der Waals surface area contributed by atoms with Crippen molar-refractivity contribution >= 4 is 27.6 Å². The highest BCUT2D eigenvalue weighted by atomic mass is 35.5. The van der Waals surface area contributed by atoms with Crippen LogP contribution in [0.5, 0.6) is 0 Å². The van der Waals surface area contributed by atoms with E-state index in [4.69, 9.17) is 22.0 Å². The molecule has 1 aromatic rings. The molecule has 1 fully saturated rings. The van der Waals surface area contributed by atoms with Crippen LogP contribution in [-0.2, 0) is 10.2 Å². The molecular formula is C10H12ClN5O2S. The molecule has 2 N–H and O–H groups in total. The van der Waals surface area contributed by atoms with Crippen LogP contribution < -0.4 is 10.0 Å². The molecular weight excluding hydrogens is 290 g/mol. The first-order valence-corrected chi connectivity index (χ1v) is 7.39. The molecule has 0 spiro atoms. The van der Waals surface area contributed by atoms with E-state index in [1.807, 2.05) is 11.0 Å². The molecule has 0 bridgehead atoms. The van der Waals surface area contributed by atoms with E-state index in [2.05, 4.69) is 4.98 Å². The minimum atomic E-state index is -3.64. The molecule has 0 aliphatic carbocycles. The third-order valence-corrected chi connectivity index (χ3v) is 4.25. The molecule has 1 aromatic heterocycles. The summed E-state index contributed by atoms with van der Waals surface area (Å²) >= 11 is 5.81. The van der Waals surface area contributed by atoms with Gasteiger partial charge in [-0.1, -0.05) is 11.6 Å². The van der Waals surface area contributed by atoms with Crippen LogP contribution in [-0.4, -0.2) is 43.9 Å². The van der Waals surface area contributed by atoms with Crippen molar-refractivity contribution in [3.8, 4) is 6.07 Å². The predicted molar refractivity (Wildman–Crippen MR) is 70.9 cm³/mol. The van der Waals surface area contributed by atoms with E-state index in [1.165, 1.54) is 4.31 Å². The van der Waals surface area contributed by atoms with E-state index in [9.17, 15) is 8.42 Å². The highest BCUT2D eigenvalue weighted by Crippen LogP contribution is 2.20. The Bertz CT molecular complexity index is 619. The highest BCUT2D eigenvalue weighted by Gasteiger charge is 2.24. The van der Waals surface area contributed by atoms with Gasteiger partial charge in [0, 0.05) is 26.2 Å². The molecule has 1 aliphatic heterocycles. The maximum Gasteiger partial charge on any atom is 0.277 e. The van der Waals surface area contributed by atoms with E-state index in [0.29, 0.717) is 37.0 Å². The minimum Gasteiger partial charge on any atom is -0.354 e. The fourth-order valence-electron chi connectivity index (χ4n) is 1.86. The number of hydrogen-bond acceptors (Lipinski definition) is 5. The lowest BCUT2D eigenvalue weighted by Gasteiger charge is -2.33. The van der Waals surface area contributed by atoms with Gasteiger partial charge in [0.2, 0.25) is 0 Å². The zero-order valence-electron chi connectivity index (χ0n) is 9.95. The van der Waals surface area contributed by atoms with Crippen LogP contribution in [0.1, 0.15) is 5.69 Å². The number of aromatic nitrogens is 1. The summed E-state index contributed by atoms with van der Waals surface area (Å²) in [5.74, 6) is 0.606. The van der Waals surface area contributed by atoms with Crippen molar-refractivity contribution in [1.82, 2.24) is 9.29 Å². The summed E-state index contributed by atoms with van der Waals surface area (Å²) in [6.07, 6.45) is 0. The number of pyridine rings is 1. The van der Waals surface area contributed by atoms with Gasteiger partial charge in [-0.05, 0) is 12.1 Å². The number of anilines is 1. The van der Waals surface area contributed by atoms with Gasteiger partial charge < -0.3 is 4.90 Å². The van der Waals surface area contributed by atoms with Gasteiger partial charge >= 0.3 is 0 Å². The van der Waals surface area contributed by atoms with Crippen LogP contribution in [0.4, 0.5) is 5.82 Å². The van der Waals surface area contributed by atoms with Gasteiger partial charge in [-0.15, -0.1) is 0 Å². The summed E-state index contributed by atoms with van der Waals surface area (Å²) < 4.78 is 23.6. The molecule has 7 nitrogen and oxygen atoms in total. The molecule has 0 radical (unpaired) electrons. The topological polar surface area (TPSA) is 103 Å². The Morgan fingerprint density at radius 3 is 2.47 bits per heavy atom. The first-order valence-electron chi connectivity index (χ1n) is 5.51. The van der Waals surface area contributed by atoms with Crippen molar-refractivity contribution in [2.24, 2.45) is 5.14 Å². The zero-order chi connectivity index (χ0) is 14.0. The number of hydrogen-bond donors (Lipinski definition) is 1. The van der Waals surface area contributed by atoms with E-state index in [1.54, 1.807) is 12.1 Å². The van der Waals surface area contributed by atoms with Crippen molar-refractivity contribution in [2.75, 3.05) is 31.1 Å². The van der Waals surface area contributed by atoms with Crippen LogP contribution >= 0.6 is 11.6 Å². The van der Waals surface area contributed by atoms with Crippen molar-refractivity contribution in [3.63, 3.8) is 0 Å². The fourth-order valence-corrected chi connectivity index (χ4v) is 2.68. The molecule has 2 rings (SSSR count). The van der Waals surface area contributed by atoms with Crippen molar-refractivity contribution in [2.45, 2.75) is 0 Å². The molecule has 0 unspecified atom stereocenters. The number of nitrogens with two attached hydrogens (primary N) is 1. The quantitative estimate of drug-likeness (QED) is 0.823. The van der Waals surface area contributed by atoms with E-state index < -0.39 is 10.2 Å². The molecule has 19 heavy (non-hydrogen) atoms. The Morgan fingerprint density at radius 2 is 1.95 bits per heavy atom. The first kappa shape index (κ1) is 14.0. The largest absolute Gasteiger partial charge is 0.354 e. The van der Waals surface area contributed by atoms with Gasteiger partial charge in [-0.2, -0.15) is 18.0 Å². The number of rotatable bonds is 2. The van der Waals surface area contributed by atoms with E-state index in [0.717, 1.165) is 0 Å². The summed E-state index contributed by atoms with van der Waals surface area (Å²) in [7, 11) is -3.64. The standard InChI is InChI=1S/C10H12ClN5O2S/c11-8-1-2-10(14-9(8)7-12)15-3-5-16(6-4-15)19(13,17)18/h1-2H,3-6H2,(H2,13,17,18). The summed E-state index contributed by atoms with van der Waals surface area (Å²) in [5, 5.41) is 14.2. The molecule has 9 heteroatoms. The first-order chi connectivity index (χ1) is 8.91. The maximum absolute atomic E-state index is 11.2. The Balaban J connectivity index is 2.12. The Kier molecular flexibility index (Phi) is 3.91. The summed E-state index contributed by atoms with van der Waals surface area (Å²) in [6.45, 7) is 1.53. The summed E-state index contributed by atoms with van der Waals surface area (Å²) in [4.78, 5) is 6.02. The number of halogens is 1. The molecule has 0 amide bonds. The van der Waals surface area contributed by atoms with Gasteiger partial charge in [0.15, 0.2) is 5.69 Å². The average molecular weight is 302 g/mol. The predicted octanol–water partition coefficient (Wildman–Crippen LogP) is -0.0678.